The molecule has 0 aliphatic heterocycles. The number of ether oxygens (including phenoxy) is 1. The van der Waals surface area contributed by atoms with Gasteiger partial charge in [0.25, 0.3) is 0 Å². The monoisotopic (exact) mass is 317 g/mol. The highest BCUT2D eigenvalue weighted by Gasteiger charge is 2.17. The van der Waals surface area contributed by atoms with Crippen LogP contribution in [0.3, 0.4) is 0 Å². The fourth-order valence-electron chi connectivity index (χ4n) is 1.98. The van der Waals surface area contributed by atoms with Gasteiger partial charge in [0.05, 0.1) is 12.2 Å². The fourth-order valence-corrected chi connectivity index (χ4v) is 2.78. The molecule has 1 aromatic carbocycles. The highest BCUT2D eigenvalue weighted by atomic mass is 32.1. The van der Waals surface area contributed by atoms with Crippen LogP contribution in [-0.4, -0.2) is 27.8 Å². The normalized spacial score (nSPS) is 10.6. The van der Waals surface area contributed by atoms with Crippen LogP contribution in [0.5, 0.6) is 0 Å². The van der Waals surface area contributed by atoms with Crippen LogP contribution in [0.25, 0.3) is 21.8 Å². The van der Waals surface area contributed by atoms with Gasteiger partial charge >= 0.3 is 5.97 Å². The first kappa shape index (κ1) is 14.4. The van der Waals surface area contributed by atoms with E-state index >= 15 is 0 Å². The van der Waals surface area contributed by atoms with Gasteiger partial charge in [0.2, 0.25) is 0 Å². The predicted octanol–water partition coefficient (Wildman–Crippen LogP) is 3.52. The molecule has 1 N–H and O–H groups in total. The lowest BCUT2D eigenvalue weighted by Crippen LogP contribution is -2.04. The molecule has 112 valence electrons. The third-order valence-corrected chi connectivity index (χ3v) is 3.85. The van der Waals surface area contributed by atoms with Crippen molar-refractivity contribution < 1.29 is 13.9 Å². The molecule has 0 amide bonds. The summed E-state index contributed by atoms with van der Waals surface area (Å²) in [6.07, 6.45) is 1.70. The zero-order valence-electron chi connectivity index (χ0n) is 11.7. The van der Waals surface area contributed by atoms with Gasteiger partial charge in [-0.05, 0) is 31.2 Å². The Hall–Kier alpha value is -2.54. The molecule has 3 aromatic rings. The van der Waals surface area contributed by atoms with Gasteiger partial charge in [0.15, 0.2) is 5.69 Å². The molecule has 0 aliphatic carbocycles. The van der Waals surface area contributed by atoms with Crippen molar-refractivity contribution in [3.8, 4) is 21.8 Å². The molecule has 0 fully saturated rings. The number of hydrogen-bond donors (Lipinski definition) is 1. The lowest BCUT2D eigenvalue weighted by molar-refractivity contribution is 0.0520. The number of H-pyrrole nitrogens is 1. The highest BCUT2D eigenvalue weighted by molar-refractivity contribution is 7.13. The molecule has 0 spiro atoms. The zero-order chi connectivity index (χ0) is 15.5. The number of carbonyl (C=O) groups is 1. The predicted molar refractivity (Wildman–Crippen MR) is 81.0 cm³/mol. The molecule has 0 atom stereocenters. The molecule has 5 nitrogen and oxygen atoms in total. The summed E-state index contributed by atoms with van der Waals surface area (Å²) in [5.41, 5.74) is 2.45. The Kier molecular flexibility index (Phi) is 3.97. The number of aromatic amines is 1. The van der Waals surface area contributed by atoms with E-state index in [1.165, 1.54) is 23.5 Å². The van der Waals surface area contributed by atoms with Crippen LogP contribution >= 0.6 is 11.3 Å². The Morgan fingerprint density at radius 1 is 1.36 bits per heavy atom. The van der Waals surface area contributed by atoms with Crippen molar-refractivity contribution >= 4 is 17.3 Å². The van der Waals surface area contributed by atoms with E-state index < -0.39 is 5.97 Å². The lowest BCUT2D eigenvalue weighted by atomic mass is 10.1. The summed E-state index contributed by atoms with van der Waals surface area (Å²) < 4.78 is 18.0. The van der Waals surface area contributed by atoms with E-state index in [2.05, 4.69) is 15.2 Å². The van der Waals surface area contributed by atoms with E-state index in [9.17, 15) is 9.18 Å². The maximum atomic E-state index is 13.0. The number of rotatable bonds is 4. The molecule has 0 radical (unpaired) electrons. The van der Waals surface area contributed by atoms with E-state index in [4.69, 9.17) is 4.74 Å². The van der Waals surface area contributed by atoms with Crippen molar-refractivity contribution in [2.75, 3.05) is 6.61 Å². The van der Waals surface area contributed by atoms with E-state index in [0.29, 0.717) is 17.3 Å². The Morgan fingerprint density at radius 2 is 2.14 bits per heavy atom. The number of esters is 1. The van der Waals surface area contributed by atoms with Crippen LogP contribution in [0.2, 0.25) is 0 Å². The second-order valence-electron chi connectivity index (χ2n) is 4.41. The van der Waals surface area contributed by atoms with E-state index in [0.717, 1.165) is 11.1 Å². The fraction of sp³-hybridized carbons (Fsp3) is 0.133. The van der Waals surface area contributed by atoms with Crippen molar-refractivity contribution in [2.24, 2.45) is 0 Å². The maximum absolute atomic E-state index is 13.0. The summed E-state index contributed by atoms with van der Waals surface area (Å²) in [4.78, 5) is 16.0. The van der Waals surface area contributed by atoms with Gasteiger partial charge in [-0.1, -0.05) is 0 Å². The van der Waals surface area contributed by atoms with Crippen molar-refractivity contribution in [1.29, 1.82) is 0 Å². The first-order valence-corrected chi connectivity index (χ1v) is 7.49. The standard InChI is InChI=1S/C15H12FN3O2S/c1-2-21-15(20)12-8-22-14(18-12)11-7-17-19-13(11)9-3-5-10(16)6-4-9/h3-8H,2H2,1H3,(H,17,19). The highest BCUT2D eigenvalue weighted by Crippen LogP contribution is 2.32. The number of nitrogens with one attached hydrogen (secondary N) is 1. The number of hydrogen-bond acceptors (Lipinski definition) is 5. The molecule has 2 heterocycles. The minimum absolute atomic E-state index is 0.271. The summed E-state index contributed by atoms with van der Waals surface area (Å²) >= 11 is 1.33. The number of benzene rings is 1. The van der Waals surface area contributed by atoms with Crippen molar-refractivity contribution in [2.45, 2.75) is 6.92 Å². The number of nitrogens with zero attached hydrogens (tertiary/aromatic N) is 2. The Bertz CT molecular complexity index is 795. The average Bonchev–Trinajstić information content (AvgIpc) is 3.17. The van der Waals surface area contributed by atoms with Gasteiger partial charge in [-0.2, -0.15) is 5.10 Å². The molecule has 0 saturated carbocycles. The Balaban J connectivity index is 1.95. The molecule has 0 saturated heterocycles. The van der Waals surface area contributed by atoms with Gasteiger partial charge in [-0.15, -0.1) is 11.3 Å². The largest absolute Gasteiger partial charge is 0.461 e. The van der Waals surface area contributed by atoms with Crippen molar-refractivity contribution in [1.82, 2.24) is 15.2 Å². The minimum Gasteiger partial charge on any atom is -0.461 e. The topological polar surface area (TPSA) is 67.9 Å². The van der Waals surface area contributed by atoms with Gasteiger partial charge < -0.3 is 4.74 Å². The van der Waals surface area contributed by atoms with Gasteiger partial charge in [0, 0.05) is 17.1 Å². The summed E-state index contributed by atoms with van der Waals surface area (Å²) in [7, 11) is 0. The number of aromatic nitrogens is 3. The first-order chi connectivity index (χ1) is 10.7. The van der Waals surface area contributed by atoms with Gasteiger partial charge in [-0.25, -0.2) is 14.2 Å². The van der Waals surface area contributed by atoms with Crippen molar-refractivity contribution in [3.05, 3.63) is 47.4 Å². The Labute approximate surface area is 129 Å². The molecule has 0 bridgehead atoms. The SMILES string of the molecule is CCOC(=O)c1csc(-c2c[nH]nc2-c2ccc(F)cc2)n1. The number of thiazole rings is 1. The van der Waals surface area contributed by atoms with Crippen LogP contribution in [-0.2, 0) is 4.74 Å². The summed E-state index contributed by atoms with van der Waals surface area (Å²) in [5.74, 6) is -0.753. The maximum Gasteiger partial charge on any atom is 0.357 e. The molecule has 22 heavy (non-hydrogen) atoms. The molecule has 2 aromatic heterocycles. The summed E-state index contributed by atoms with van der Waals surface area (Å²) in [6.45, 7) is 2.05. The van der Waals surface area contributed by atoms with Crippen LogP contribution < -0.4 is 0 Å². The minimum atomic E-state index is -0.447. The molecule has 0 aliphatic rings. The van der Waals surface area contributed by atoms with Crippen LogP contribution in [0.4, 0.5) is 4.39 Å². The van der Waals surface area contributed by atoms with Crippen LogP contribution in [0, 0.1) is 5.82 Å². The molecule has 3 rings (SSSR count). The van der Waals surface area contributed by atoms with Crippen LogP contribution in [0.15, 0.2) is 35.8 Å². The van der Waals surface area contributed by atoms with E-state index in [1.807, 2.05) is 0 Å². The quantitative estimate of drug-likeness (QED) is 0.748. The first-order valence-electron chi connectivity index (χ1n) is 6.61. The van der Waals surface area contributed by atoms with Gasteiger partial charge in [-0.3, -0.25) is 5.10 Å². The second kappa shape index (κ2) is 6.07. The molecule has 0 unspecified atom stereocenters. The van der Waals surface area contributed by atoms with Crippen molar-refractivity contribution in [3.63, 3.8) is 0 Å². The smallest absolute Gasteiger partial charge is 0.357 e. The number of carbonyl (C=O) groups excluding carboxylic acids is 1. The van der Waals surface area contributed by atoms with Gasteiger partial charge in [0.1, 0.15) is 16.5 Å². The summed E-state index contributed by atoms with van der Waals surface area (Å²) in [5, 5.41) is 9.26. The third-order valence-electron chi connectivity index (χ3n) is 2.98. The molecular formula is C15H12FN3O2S. The Morgan fingerprint density at radius 3 is 2.86 bits per heavy atom. The van der Waals surface area contributed by atoms with E-state index in [1.54, 1.807) is 30.6 Å². The summed E-state index contributed by atoms with van der Waals surface area (Å²) in [6, 6.07) is 6.04. The average molecular weight is 317 g/mol. The second-order valence-corrected chi connectivity index (χ2v) is 5.27. The molecule has 7 heteroatoms. The number of halogens is 1. The lowest BCUT2D eigenvalue weighted by Gasteiger charge is -2.00. The third kappa shape index (κ3) is 2.75. The van der Waals surface area contributed by atoms with E-state index in [-0.39, 0.29) is 11.5 Å². The molecular weight excluding hydrogens is 305 g/mol. The zero-order valence-corrected chi connectivity index (χ0v) is 12.5. The van der Waals surface area contributed by atoms with Crippen LogP contribution in [0.1, 0.15) is 17.4 Å².